The van der Waals surface area contributed by atoms with Crippen molar-refractivity contribution in [3.8, 4) is 0 Å². The van der Waals surface area contributed by atoms with Crippen LogP contribution in [0.25, 0.3) is 0 Å². The van der Waals surface area contributed by atoms with Gasteiger partial charge in [0.2, 0.25) is 0 Å². The first-order valence-corrected chi connectivity index (χ1v) is 3.98. The third-order valence-corrected chi connectivity index (χ3v) is 1.13. The molecule has 0 fully saturated rings. The summed E-state index contributed by atoms with van der Waals surface area (Å²) >= 11 is 0. The minimum atomic E-state index is -0.171. The van der Waals surface area contributed by atoms with Crippen molar-refractivity contribution in [2.45, 2.75) is 39.7 Å². The SMILES string of the molecule is CC.CCC(O)CCOC. The lowest BCUT2D eigenvalue weighted by Crippen LogP contribution is -2.07. The van der Waals surface area contributed by atoms with Crippen LogP contribution in [0.3, 0.4) is 0 Å². The van der Waals surface area contributed by atoms with Gasteiger partial charge in [-0.05, 0) is 12.8 Å². The highest BCUT2D eigenvalue weighted by Gasteiger charge is 1.96. The van der Waals surface area contributed by atoms with Gasteiger partial charge in [0.1, 0.15) is 0 Å². The molecule has 0 aromatic rings. The van der Waals surface area contributed by atoms with E-state index in [0.29, 0.717) is 6.61 Å². The van der Waals surface area contributed by atoms with Crippen molar-refractivity contribution in [2.24, 2.45) is 0 Å². The fraction of sp³-hybridized carbons (Fsp3) is 1.00. The van der Waals surface area contributed by atoms with Gasteiger partial charge >= 0.3 is 0 Å². The third kappa shape index (κ3) is 10.8. The van der Waals surface area contributed by atoms with Gasteiger partial charge < -0.3 is 9.84 Å². The number of hydrogen-bond acceptors (Lipinski definition) is 2. The molecule has 1 atom stereocenters. The number of methoxy groups -OCH3 is 1. The van der Waals surface area contributed by atoms with E-state index in [1.165, 1.54) is 0 Å². The first-order chi connectivity index (χ1) is 4.81. The second-order valence-corrected chi connectivity index (χ2v) is 1.84. The van der Waals surface area contributed by atoms with E-state index < -0.39 is 0 Å². The average molecular weight is 148 g/mol. The van der Waals surface area contributed by atoms with E-state index in [2.05, 4.69) is 0 Å². The summed E-state index contributed by atoms with van der Waals surface area (Å²) in [6, 6.07) is 0. The van der Waals surface area contributed by atoms with Crippen molar-refractivity contribution in [2.75, 3.05) is 13.7 Å². The van der Waals surface area contributed by atoms with Crippen LogP contribution in [0, 0.1) is 0 Å². The molecule has 0 saturated carbocycles. The molecule has 2 heteroatoms. The van der Waals surface area contributed by atoms with Crippen LogP contribution >= 0.6 is 0 Å². The van der Waals surface area contributed by atoms with Crippen molar-refractivity contribution in [1.82, 2.24) is 0 Å². The van der Waals surface area contributed by atoms with Crippen LogP contribution in [0.1, 0.15) is 33.6 Å². The summed E-state index contributed by atoms with van der Waals surface area (Å²) in [7, 11) is 1.64. The zero-order valence-corrected chi connectivity index (χ0v) is 7.55. The molecule has 1 N–H and O–H groups in total. The Morgan fingerprint density at radius 2 is 1.90 bits per heavy atom. The zero-order chi connectivity index (χ0) is 8.41. The standard InChI is InChI=1S/C6H14O2.C2H6/c1-3-6(7)4-5-8-2;1-2/h6-7H,3-5H2,1-2H3;1-2H3. The summed E-state index contributed by atoms with van der Waals surface area (Å²) < 4.78 is 4.75. The molecule has 0 amide bonds. The minimum absolute atomic E-state index is 0.171. The molecule has 0 radical (unpaired) electrons. The first kappa shape index (κ1) is 12.6. The van der Waals surface area contributed by atoms with Crippen LogP contribution in [0.4, 0.5) is 0 Å². The van der Waals surface area contributed by atoms with E-state index in [-0.39, 0.29) is 6.10 Å². The third-order valence-electron chi connectivity index (χ3n) is 1.13. The van der Waals surface area contributed by atoms with Crippen LogP contribution in [0.15, 0.2) is 0 Å². The summed E-state index contributed by atoms with van der Waals surface area (Å²) in [6.45, 7) is 6.62. The summed E-state index contributed by atoms with van der Waals surface area (Å²) in [5.41, 5.74) is 0. The number of rotatable bonds is 4. The van der Waals surface area contributed by atoms with Gasteiger partial charge in [0.05, 0.1) is 6.10 Å². The maximum Gasteiger partial charge on any atom is 0.0559 e. The molecule has 0 saturated heterocycles. The first-order valence-electron chi connectivity index (χ1n) is 3.98. The Morgan fingerprint density at radius 1 is 1.40 bits per heavy atom. The fourth-order valence-corrected chi connectivity index (χ4v) is 0.458. The number of hydrogen-bond donors (Lipinski definition) is 1. The van der Waals surface area contributed by atoms with Crippen LogP contribution < -0.4 is 0 Å². The Kier molecular flexibility index (Phi) is 14.7. The lowest BCUT2D eigenvalue weighted by Gasteiger charge is -2.04. The Balaban J connectivity index is 0. The zero-order valence-electron chi connectivity index (χ0n) is 7.55. The Bertz CT molecular complexity index is 46.5. The molecule has 10 heavy (non-hydrogen) atoms. The van der Waals surface area contributed by atoms with E-state index in [9.17, 15) is 0 Å². The molecule has 0 bridgehead atoms. The number of aliphatic hydroxyl groups excluding tert-OH is 1. The van der Waals surface area contributed by atoms with Crippen molar-refractivity contribution in [3.05, 3.63) is 0 Å². The topological polar surface area (TPSA) is 29.5 Å². The highest BCUT2D eigenvalue weighted by molar-refractivity contribution is 4.49. The van der Waals surface area contributed by atoms with Gasteiger partial charge in [-0.15, -0.1) is 0 Å². The Hall–Kier alpha value is -0.0800. The van der Waals surface area contributed by atoms with E-state index in [0.717, 1.165) is 12.8 Å². The Labute approximate surface area is 64.2 Å². The quantitative estimate of drug-likeness (QED) is 0.659. The molecule has 0 aromatic carbocycles. The van der Waals surface area contributed by atoms with Crippen molar-refractivity contribution in [1.29, 1.82) is 0 Å². The summed E-state index contributed by atoms with van der Waals surface area (Å²) in [5.74, 6) is 0. The minimum Gasteiger partial charge on any atom is -0.393 e. The molecule has 0 spiro atoms. The van der Waals surface area contributed by atoms with E-state index in [1.807, 2.05) is 20.8 Å². The van der Waals surface area contributed by atoms with E-state index in [4.69, 9.17) is 9.84 Å². The van der Waals surface area contributed by atoms with E-state index in [1.54, 1.807) is 7.11 Å². The molecule has 0 rings (SSSR count). The smallest absolute Gasteiger partial charge is 0.0559 e. The van der Waals surface area contributed by atoms with Crippen molar-refractivity contribution >= 4 is 0 Å². The molecule has 2 nitrogen and oxygen atoms in total. The van der Waals surface area contributed by atoms with Gasteiger partial charge in [0.15, 0.2) is 0 Å². The highest BCUT2D eigenvalue weighted by Crippen LogP contribution is 1.94. The van der Waals surface area contributed by atoms with Crippen molar-refractivity contribution in [3.63, 3.8) is 0 Å². The van der Waals surface area contributed by atoms with Crippen LogP contribution in [0.5, 0.6) is 0 Å². The lowest BCUT2D eigenvalue weighted by molar-refractivity contribution is 0.107. The highest BCUT2D eigenvalue weighted by atomic mass is 16.5. The summed E-state index contributed by atoms with van der Waals surface area (Å²) in [6.07, 6.45) is 1.41. The van der Waals surface area contributed by atoms with Gasteiger partial charge in [-0.25, -0.2) is 0 Å². The van der Waals surface area contributed by atoms with E-state index >= 15 is 0 Å². The molecule has 64 valence electrons. The molecule has 0 heterocycles. The monoisotopic (exact) mass is 148 g/mol. The van der Waals surface area contributed by atoms with Gasteiger partial charge in [0.25, 0.3) is 0 Å². The second-order valence-electron chi connectivity index (χ2n) is 1.84. The molecule has 0 aliphatic heterocycles. The molecule has 0 aliphatic carbocycles. The molecule has 0 aliphatic rings. The fourth-order valence-electron chi connectivity index (χ4n) is 0.458. The Morgan fingerprint density at radius 3 is 2.20 bits per heavy atom. The van der Waals surface area contributed by atoms with Gasteiger partial charge in [-0.2, -0.15) is 0 Å². The second kappa shape index (κ2) is 11.7. The normalized spacial score (nSPS) is 11.7. The van der Waals surface area contributed by atoms with Gasteiger partial charge in [0, 0.05) is 13.7 Å². The van der Waals surface area contributed by atoms with Crippen molar-refractivity contribution < 1.29 is 9.84 Å². The molecular weight excluding hydrogens is 128 g/mol. The summed E-state index contributed by atoms with van der Waals surface area (Å²) in [5, 5.41) is 8.91. The number of aliphatic hydroxyl groups is 1. The largest absolute Gasteiger partial charge is 0.393 e. The maximum atomic E-state index is 8.91. The lowest BCUT2D eigenvalue weighted by atomic mass is 10.2. The molecule has 1 unspecified atom stereocenters. The average Bonchev–Trinajstić information content (AvgIpc) is 2.04. The predicted molar refractivity (Wildman–Crippen MR) is 44.1 cm³/mol. The van der Waals surface area contributed by atoms with Crippen LogP contribution in [-0.4, -0.2) is 24.9 Å². The molecule has 0 aromatic heterocycles. The van der Waals surface area contributed by atoms with Crippen LogP contribution in [0.2, 0.25) is 0 Å². The summed E-state index contributed by atoms with van der Waals surface area (Å²) in [4.78, 5) is 0. The maximum absolute atomic E-state index is 8.91. The van der Waals surface area contributed by atoms with Gasteiger partial charge in [-0.3, -0.25) is 0 Å². The predicted octanol–water partition coefficient (Wildman–Crippen LogP) is 1.82. The number of ether oxygens (including phenoxy) is 1. The van der Waals surface area contributed by atoms with Crippen LogP contribution in [-0.2, 0) is 4.74 Å². The molecular formula is C8H20O2. The van der Waals surface area contributed by atoms with Gasteiger partial charge in [-0.1, -0.05) is 20.8 Å².